The predicted octanol–water partition coefficient (Wildman–Crippen LogP) is 1.98. The topological polar surface area (TPSA) is 64.5 Å². The molecule has 0 spiro atoms. The van der Waals surface area contributed by atoms with Crippen LogP contribution in [-0.2, 0) is 0 Å². The number of piperidine rings is 1. The molecule has 25 heavy (non-hydrogen) atoms. The van der Waals surface area contributed by atoms with Gasteiger partial charge in [0.25, 0.3) is 5.91 Å². The molecule has 6 nitrogen and oxygen atoms in total. The minimum atomic E-state index is -0.179. The average Bonchev–Trinajstić information content (AvgIpc) is 3.16. The maximum Gasteiger partial charge on any atom is 0.268 e. The van der Waals surface area contributed by atoms with Crippen molar-refractivity contribution in [1.82, 2.24) is 15.2 Å². The van der Waals surface area contributed by atoms with Gasteiger partial charge in [-0.25, -0.2) is 0 Å². The molecule has 2 aromatic rings. The molecular weight excluding hydrogens is 318 g/mol. The van der Waals surface area contributed by atoms with Crippen molar-refractivity contribution in [3.8, 4) is 11.5 Å². The van der Waals surface area contributed by atoms with Gasteiger partial charge in [0, 0.05) is 12.2 Å². The van der Waals surface area contributed by atoms with Crippen molar-refractivity contribution in [1.29, 1.82) is 0 Å². The van der Waals surface area contributed by atoms with Gasteiger partial charge in [0.1, 0.15) is 18.4 Å². The highest BCUT2D eigenvalue weighted by atomic mass is 16.6. The number of carbonyl (C=O) groups excluding carboxylic acids is 1. The second kappa shape index (κ2) is 7.19. The Bertz CT molecular complexity index is 737. The van der Waals surface area contributed by atoms with E-state index >= 15 is 0 Å². The molecule has 0 saturated carbocycles. The van der Waals surface area contributed by atoms with Gasteiger partial charge in [-0.05, 0) is 50.2 Å². The third-order valence-corrected chi connectivity index (χ3v) is 4.77. The zero-order valence-corrected chi connectivity index (χ0v) is 14.1. The van der Waals surface area contributed by atoms with Gasteiger partial charge in [0.05, 0.1) is 6.54 Å². The van der Waals surface area contributed by atoms with Gasteiger partial charge in [-0.3, -0.25) is 4.79 Å². The second-order valence-corrected chi connectivity index (χ2v) is 6.49. The predicted molar refractivity (Wildman–Crippen MR) is 94.3 cm³/mol. The molecule has 6 heteroatoms. The summed E-state index contributed by atoms with van der Waals surface area (Å²) < 4.78 is 13.7. The Hall–Kier alpha value is -2.47. The molecule has 1 aromatic carbocycles. The van der Waals surface area contributed by atoms with Gasteiger partial charge in [-0.2, -0.15) is 0 Å². The lowest BCUT2D eigenvalue weighted by molar-refractivity contribution is 0.0782. The number of carbonyl (C=O) groups is 1. The summed E-state index contributed by atoms with van der Waals surface area (Å²) >= 11 is 0. The third-order valence-electron chi connectivity index (χ3n) is 4.77. The van der Waals surface area contributed by atoms with Crippen molar-refractivity contribution in [2.24, 2.45) is 0 Å². The Kier molecular flexibility index (Phi) is 4.61. The first-order chi connectivity index (χ1) is 12.3. The van der Waals surface area contributed by atoms with Crippen LogP contribution in [-0.4, -0.2) is 42.8 Å². The number of hydrogen-bond acceptors (Lipinski definition) is 4. The second-order valence-electron chi connectivity index (χ2n) is 6.49. The van der Waals surface area contributed by atoms with Crippen molar-refractivity contribution in [3.05, 3.63) is 48.3 Å². The van der Waals surface area contributed by atoms with E-state index in [0.29, 0.717) is 24.9 Å². The van der Waals surface area contributed by atoms with Gasteiger partial charge >= 0.3 is 0 Å². The molecule has 0 radical (unpaired) electrons. The van der Waals surface area contributed by atoms with E-state index < -0.39 is 0 Å². The number of nitrogens with one attached hydrogen (secondary N) is 2. The maximum atomic E-state index is 12.6. The molecule has 3 heterocycles. The summed E-state index contributed by atoms with van der Waals surface area (Å²) in [7, 11) is 0. The Morgan fingerprint density at radius 1 is 1.16 bits per heavy atom. The van der Waals surface area contributed by atoms with E-state index in [0.717, 1.165) is 37.4 Å². The lowest BCUT2D eigenvalue weighted by Crippen LogP contribution is -2.41. The summed E-state index contributed by atoms with van der Waals surface area (Å²) in [6.45, 7) is 2.85. The summed E-state index contributed by atoms with van der Waals surface area (Å²) in [5, 5.41) is 6.34. The van der Waals surface area contributed by atoms with Crippen LogP contribution in [0.5, 0.6) is 11.5 Å². The van der Waals surface area contributed by atoms with Crippen LogP contribution in [0.2, 0.25) is 0 Å². The molecule has 2 N–H and O–H groups in total. The van der Waals surface area contributed by atoms with Crippen LogP contribution < -0.4 is 20.1 Å². The van der Waals surface area contributed by atoms with Crippen molar-refractivity contribution in [3.63, 3.8) is 0 Å². The fraction of sp³-hybridized carbons (Fsp3) is 0.421. The van der Waals surface area contributed by atoms with Gasteiger partial charge in [0.2, 0.25) is 0 Å². The van der Waals surface area contributed by atoms with Gasteiger partial charge < -0.3 is 24.7 Å². The number of aromatic nitrogens is 1. The van der Waals surface area contributed by atoms with Crippen LogP contribution in [0.25, 0.3) is 0 Å². The number of amides is 1. The van der Waals surface area contributed by atoms with E-state index in [4.69, 9.17) is 9.47 Å². The molecule has 4 rings (SSSR count). The Morgan fingerprint density at radius 3 is 2.80 bits per heavy atom. The van der Waals surface area contributed by atoms with Crippen LogP contribution in [0.4, 0.5) is 0 Å². The number of hydrogen-bond donors (Lipinski definition) is 2. The Labute approximate surface area is 147 Å². The highest BCUT2D eigenvalue weighted by molar-refractivity contribution is 5.92. The maximum absolute atomic E-state index is 12.6. The van der Waals surface area contributed by atoms with Crippen LogP contribution in [0.3, 0.4) is 0 Å². The van der Waals surface area contributed by atoms with Crippen molar-refractivity contribution >= 4 is 5.91 Å². The van der Waals surface area contributed by atoms with Gasteiger partial charge in [0.15, 0.2) is 11.5 Å². The number of nitrogens with zero attached hydrogens (tertiary/aromatic N) is 1. The molecule has 0 bridgehead atoms. The molecule has 1 amide bonds. The summed E-state index contributed by atoms with van der Waals surface area (Å²) in [6, 6.07) is 11.8. The van der Waals surface area contributed by atoms with Crippen molar-refractivity contribution in [2.75, 3.05) is 26.2 Å². The molecule has 0 aliphatic carbocycles. The van der Waals surface area contributed by atoms with Crippen molar-refractivity contribution < 1.29 is 14.3 Å². The zero-order valence-electron chi connectivity index (χ0n) is 14.1. The standard InChI is InChI=1S/C19H23N3O3/c23-19(16-4-3-11-22(16)14-7-9-20-10-8-14)21-12-15-13-24-17-5-1-2-6-18(17)25-15/h1-6,11,14-15,20H,7-10,12-13H2,(H,21,23)/t15-/m0/s1. The minimum Gasteiger partial charge on any atom is -0.486 e. The molecule has 2 aliphatic heterocycles. The zero-order chi connectivity index (χ0) is 17.1. The molecule has 1 aromatic heterocycles. The van der Waals surface area contributed by atoms with Crippen LogP contribution in [0.15, 0.2) is 42.6 Å². The molecule has 2 aliphatic rings. The first-order valence-electron chi connectivity index (χ1n) is 8.85. The van der Waals surface area contributed by atoms with Crippen LogP contribution in [0.1, 0.15) is 29.4 Å². The molecule has 1 atom stereocenters. The summed E-state index contributed by atoms with van der Waals surface area (Å²) in [4.78, 5) is 12.6. The highest BCUT2D eigenvalue weighted by Gasteiger charge is 2.23. The minimum absolute atomic E-state index is 0.0639. The lowest BCUT2D eigenvalue weighted by Gasteiger charge is -2.27. The van der Waals surface area contributed by atoms with Crippen molar-refractivity contribution in [2.45, 2.75) is 25.0 Å². The number of rotatable bonds is 4. The molecule has 1 saturated heterocycles. The number of fused-ring (bicyclic) bond motifs is 1. The fourth-order valence-electron chi connectivity index (χ4n) is 3.45. The summed E-state index contributed by atoms with van der Waals surface area (Å²) in [5.74, 6) is 1.42. The average molecular weight is 341 g/mol. The lowest BCUT2D eigenvalue weighted by atomic mass is 10.1. The van der Waals surface area contributed by atoms with E-state index in [-0.39, 0.29) is 12.0 Å². The monoisotopic (exact) mass is 341 g/mol. The summed E-state index contributed by atoms with van der Waals surface area (Å²) in [6.07, 6.45) is 3.92. The highest BCUT2D eigenvalue weighted by Crippen LogP contribution is 2.30. The van der Waals surface area contributed by atoms with Crippen LogP contribution in [0, 0.1) is 0 Å². The number of benzene rings is 1. The number of ether oxygens (including phenoxy) is 2. The van der Waals surface area contributed by atoms with E-state index in [1.165, 1.54) is 0 Å². The first kappa shape index (κ1) is 16.0. The molecule has 0 unspecified atom stereocenters. The largest absolute Gasteiger partial charge is 0.486 e. The SMILES string of the molecule is O=C(NC[C@H]1COc2ccccc2O1)c1cccn1C1CCNCC1. The normalized spacial score (nSPS) is 20.2. The number of para-hydroxylation sites is 2. The van der Waals surface area contributed by atoms with Gasteiger partial charge in [-0.1, -0.05) is 12.1 Å². The fourth-order valence-corrected chi connectivity index (χ4v) is 3.45. The van der Waals surface area contributed by atoms with E-state index in [1.807, 2.05) is 42.6 Å². The van der Waals surface area contributed by atoms with E-state index in [9.17, 15) is 4.79 Å². The molecular formula is C19H23N3O3. The Balaban J connectivity index is 1.36. The van der Waals surface area contributed by atoms with E-state index in [1.54, 1.807) is 0 Å². The summed E-state index contributed by atoms with van der Waals surface area (Å²) in [5.41, 5.74) is 0.712. The van der Waals surface area contributed by atoms with Crippen LogP contribution >= 0.6 is 0 Å². The quantitative estimate of drug-likeness (QED) is 0.893. The third kappa shape index (κ3) is 3.49. The smallest absolute Gasteiger partial charge is 0.268 e. The van der Waals surface area contributed by atoms with E-state index in [2.05, 4.69) is 15.2 Å². The molecule has 1 fully saturated rings. The molecule has 132 valence electrons. The Morgan fingerprint density at radius 2 is 1.96 bits per heavy atom. The van der Waals surface area contributed by atoms with Gasteiger partial charge in [-0.15, -0.1) is 0 Å². The first-order valence-corrected chi connectivity index (χ1v) is 8.85.